The van der Waals surface area contributed by atoms with Crippen molar-refractivity contribution in [3.63, 3.8) is 0 Å². The van der Waals surface area contributed by atoms with E-state index in [9.17, 15) is 14.6 Å². The maximum absolute atomic E-state index is 16.6. The molecule has 2 aromatic carbocycles. The molecule has 3 aliphatic rings. The number of aromatic nitrogens is 3. The molecule has 2 N–H and O–H groups in total. The summed E-state index contributed by atoms with van der Waals surface area (Å²) in [5.41, 5.74) is -0.0916. The van der Waals surface area contributed by atoms with Crippen molar-refractivity contribution >= 4 is 27.5 Å². The van der Waals surface area contributed by atoms with Crippen LogP contribution in [0.4, 0.5) is 14.6 Å². The Morgan fingerprint density at radius 1 is 1.10 bits per heavy atom. The minimum atomic E-state index is -0.765. The summed E-state index contributed by atoms with van der Waals surface area (Å²) in [7, 11) is 0. The molecule has 10 heteroatoms. The smallest absolute Gasteiger partial charge is 0.319 e. The zero-order valence-electron chi connectivity index (χ0n) is 23.1. The van der Waals surface area contributed by atoms with Gasteiger partial charge in [0.25, 0.3) is 0 Å². The lowest BCUT2D eigenvalue weighted by Gasteiger charge is -2.33. The summed E-state index contributed by atoms with van der Waals surface area (Å²) < 4.78 is 37.6. The number of piperidine rings is 1. The Bertz CT molecular complexity index is 1750. The van der Waals surface area contributed by atoms with Gasteiger partial charge in [-0.2, -0.15) is 9.97 Å². The van der Waals surface area contributed by atoms with Crippen LogP contribution < -0.4 is 9.64 Å². The predicted molar refractivity (Wildman–Crippen MR) is 156 cm³/mol. The molecule has 7 rings (SSSR count). The van der Waals surface area contributed by atoms with Crippen molar-refractivity contribution in [2.24, 2.45) is 0 Å². The highest BCUT2D eigenvalue weighted by molar-refractivity contribution is 6.03. The van der Waals surface area contributed by atoms with Crippen LogP contribution in [0.2, 0.25) is 0 Å². The number of aromatic hydroxyl groups is 1. The van der Waals surface area contributed by atoms with E-state index in [1.54, 1.807) is 0 Å². The van der Waals surface area contributed by atoms with Gasteiger partial charge in [0.15, 0.2) is 5.82 Å². The van der Waals surface area contributed by atoms with Crippen LogP contribution >= 0.6 is 0 Å². The number of rotatable bonds is 5. The highest BCUT2D eigenvalue weighted by atomic mass is 19.1. The van der Waals surface area contributed by atoms with Crippen LogP contribution in [0.15, 0.2) is 30.5 Å². The van der Waals surface area contributed by atoms with E-state index in [2.05, 4.69) is 20.8 Å². The third-order valence-corrected chi connectivity index (χ3v) is 9.07. The second-order valence-corrected chi connectivity index (χ2v) is 11.6. The quantitative estimate of drug-likeness (QED) is 0.331. The van der Waals surface area contributed by atoms with Gasteiger partial charge in [0.05, 0.1) is 22.6 Å². The number of β-amino-alcohol motifs (C(OH)–C–C–N with tert-alkyl or cyclic N) is 1. The molecular formula is C32H31F2N5O3. The number of ether oxygens (including phenoxy) is 1. The molecule has 0 amide bonds. The highest BCUT2D eigenvalue weighted by Crippen LogP contribution is 2.41. The number of terminal acetylenes is 1. The van der Waals surface area contributed by atoms with Crippen LogP contribution in [-0.2, 0) is 0 Å². The van der Waals surface area contributed by atoms with E-state index in [0.717, 1.165) is 45.2 Å². The molecule has 4 aromatic rings. The maximum Gasteiger partial charge on any atom is 0.319 e. The van der Waals surface area contributed by atoms with Gasteiger partial charge in [0.2, 0.25) is 0 Å². The number of halogens is 2. The van der Waals surface area contributed by atoms with Crippen molar-refractivity contribution in [2.75, 3.05) is 37.7 Å². The number of pyridine rings is 1. The lowest BCUT2D eigenvalue weighted by atomic mass is 9.95. The summed E-state index contributed by atoms with van der Waals surface area (Å²) in [6.45, 7) is 3.46. The maximum atomic E-state index is 16.6. The van der Waals surface area contributed by atoms with Crippen LogP contribution in [-0.4, -0.2) is 74.5 Å². The predicted octanol–water partition coefficient (Wildman–Crippen LogP) is 4.78. The number of nitrogens with zero attached hydrogens (tertiary/aromatic N) is 5. The van der Waals surface area contributed by atoms with E-state index in [-0.39, 0.29) is 45.0 Å². The third kappa shape index (κ3) is 4.39. The molecule has 8 nitrogen and oxygen atoms in total. The molecule has 3 fully saturated rings. The van der Waals surface area contributed by atoms with Crippen molar-refractivity contribution in [1.82, 2.24) is 19.9 Å². The Balaban J connectivity index is 1.39. The van der Waals surface area contributed by atoms with E-state index in [4.69, 9.17) is 16.1 Å². The Hall–Kier alpha value is -4.07. The van der Waals surface area contributed by atoms with Crippen LogP contribution in [0, 0.1) is 24.0 Å². The van der Waals surface area contributed by atoms with Gasteiger partial charge < -0.3 is 19.8 Å². The molecule has 1 atom stereocenters. The monoisotopic (exact) mass is 571 g/mol. The molecule has 0 saturated carbocycles. The van der Waals surface area contributed by atoms with Gasteiger partial charge in [0.1, 0.15) is 35.2 Å². The number of anilines is 1. The van der Waals surface area contributed by atoms with E-state index >= 15 is 4.39 Å². The van der Waals surface area contributed by atoms with Gasteiger partial charge in [-0.15, -0.1) is 6.42 Å². The first-order valence-electron chi connectivity index (χ1n) is 14.5. The fourth-order valence-corrected chi connectivity index (χ4v) is 7.07. The Morgan fingerprint density at radius 3 is 2.67 bits per heavy atom. The van der Waals surface area contributed by atoms with Crippen molar-refractivity contribution in [1.29, 1.82) is 0 Å². The summed E-state index contributed by atoms with van der Waals surface area (Å²) in [5.74, 6) is 1.27. The first-order chi connectivity index (χ1) is 20.4. The van der Waals surface area contributed by atoms with Crippen LogP contribution in [0.5, 0.6) is 11.8 Å². The first kappa shape index (κ1) is 26.8. The normalized spacial score (nSPS) is 20.2. The topological polar surface area (TPSA) is 94.8 Å². The molecular weight excluding hydrogens is 540 g/mol. The minimum absolute atomic E-state index is 0.0117. The third-order valence-electron chi connectivity index (χ3n) is 9.07. The Morgan fingerprint density at radius 2 is 1.90 bits per heavy atom. The van der Waals surface area contributed by atoms with E-state index in [1.165, 1.54) is 30.5 Å². The fourth-order valence-electron chi connectivity index (χ4n) is 7.07. The second-order valence-electron chi connectivity index (χ2n) is 11.6. The van der Waals surface area contributed by atoms with Crippen LogP contribution in [0.25, 0.3) is 32.9 Å². The van der Waals surface area contributed by atoms with Crippen molar-refractivity contribution in [3.8, 4) is 35.4 Å². The number of aliphatic hydroxyl groups excluding tert-OH is 1. The van der Waals surface area contributed by atoms with Gasteiger partial charge in [-0.1, -0.05) is 12.0 Å². The molecule has 216 valence electrons. The molecule has 1 unspecified atom stereocenters. The zero-order chi connectivity index (χ0) is 29.0. The van der Waals surface area contributed by atoms with Crippen molar-refractivity contribution in [2.45, 2.75) is 50.2 Å². The molecule has 42 heavy (non-hydrogen) atoms. The number of fused-ring (bicyclic) bond motifs is 3. The number of hydrogen-bond acceptors (Lipinski definition) is 8. The van der Waals surface area contributed by atoms with Gasteiger partial charge in [-0.25, -0.2) is 8.78 Å². The van der Waals surface area contributed by atoms with Gasteiger partial charge in [-0.05, 0) is 75.2 Å². The molecule has 3 saturated heterocycles. The SMILES string of the molecule is C#Cc1c(F)ccc2cc(O)cc(-c3ncc4c(N5CCCC(O)C5)nc(OCC56CCCN5CCC6)nc4c3F)c12. The Labute approximate surface area is 242 Å². The van der Waals surface area contributed by atoms with Crippen molar-refractivity contribution in [3.05, 3.63) is 47.7 Å². The van der Waals surface area contributed by atoms with Gasteiger partial charge >= 0.3 is 6.01 Å². The lowest BCUT2D eigenvalue weighted by Crippen LogP contribution is -2.43. The average molecular weight is 572 g/mol. The summed E-state index contributed by atoms with van der Waals surface area (Å²) in [5, 5.41) is 21.9. The second kappa shape index (κ2) is 10.3. The number of phenolic OH excluding ortho intramolecular Hbond substituents is 1. The van der Waals surface area contributed by atoms with Crippen LogP contribution in [0.3, 0.4) is 0 Å². The molecule has 5 heterocycles. The molecule has 0 bridgehead atoms. The largest absolute Gasteiger partial charge is 0.508 e. The summed E-state index contributed by atoms with van der Waals surface area (Å²) in [6, 6.07) is 5.53. The van der Waals surface area contributed by atoms with E-state index < -0.39 is 17.7 Å². The lowest BCUT2D eigenvalue weighted by molar-refractivity contribution is 0.107. The van der Waals surface area contributed by atoms with Crippen molar-refractivity contribution < 1.29 is 23.7 Å². The molecule has 3 aliphatic heterocycles. The van der Waals surface area contributed by atoms with E-state index in [1.807, 2.05) is 4.90 Å². The summed E-state index contributed by atoms with van der Waals surface area (Å²) in [6.07, 6.45) is 12.3. The average Bonchev–Trinajstić information content (AvgIpc) is 3.57. The highest BCUT2D eigenvalue weighted by Gasteiger charge is 2.45. The van der Waals surface area contributed by atoms with Gasteiger partial charge in [-0.3, -0.25) is 9.88 Å². The minimum Gasteiger partial charge on any atom is -0.508 e. The number of phenols is 1. The number of benzene rings is 2. The standard InChI is InChI=1S/C32H31F2N5O3/c1-2-22-25(33)8-7-19-14-21(41)15-23(26(19)22)28-27(34)29-24(16-35-28)30(38-11-3-6-20(40)17-38)37-31(36-29)42-18-32-9-4-12-39(32)13-5-10-32/h1,7-8,14-16,20,40-41H,3-6,9-13,17-18H2. The van der Waals surface area contributed by atoms with Gasteiger partial charge in [0, 0.05) is 30.2 Å². The molecule has 0 spiro atoms. The molecule has 0 radical (unpaired) electrons. The molecule has 2 aromatic heterocycles. The number of aliphatic hydroxyl groups is 1. The summed E-state index contributed by atoms with van der Waals surface area (Å²) >= 11 is 0. The summed E-state index contributed by atoms with van der Waals surface area (Å²) in [4.78, 5) is 18.1. The van der Waals surface area contributed by atoms with Crippen LogP contribution in [0.1, 0.15) is 44.1 Å². The molecule has 0 aliphatic carbocycles. The zero-order valence-corrected chi connectivity index (χ0v) is 23.1. The fraction of sp³-hybridized carbons (Fsp3) is 0.406. The Kier molecular flexibility index (Phi) is 6.59. The number of hydrogen-bond donors (Lipinski definition) is 2. The van der Waals surface area contributed by atoms with E-state index in [0.29, 0.717) is 42.7 Å². The first-order valence-corrected chi connectivity index (χ1v) is 14.5.